The van der Waals surface area contributed by atoms with Crippen molar-refractivity contribution >= 4 is 5.91 Å². The van der Waals surface area contributed by atoms with Crippen LogP contribution in [-0.2, 0) is 4.79 Å². The summed E-state index contributed by atoms with van der Waals surface area (Å²) in [6, 6.07) is 3.20. The highest BCUT2D eigenvalue weighted by Crippen LogP contribution is 2.15. The zero-order valence-corrected chi connectivity index (χ0v) is 7.77. The Balaban J connectivity index is 2.96. The average Bonchev–Trinajstić information content (AvgIpc) is 2.04. The lowest BCUT2D eigenvalue weighted by molar-refractivity contribution is -0.122. The molecule has 13 heavy (non-hydrogen) atoms. The van der Waals surface area contributed by atoms with Crippen molar-refractivity contribution in [2.75, 3.05) is 14.1 Å². The monoisotopic (exact) mass is 179 g/mol. The second-order valence-electron chi connectivity index (χ2n) is 3.05. The van der Waals surface area contributed by atoms with E-state index in [-0.39, 0.29) is 11.9 Å². The normalized spacial score (nSPS) is 12.8. The molecular formula is C9H13N3O. The molecule has 0 saturated heterocycles. The first-order valence-electron chi connectivity index (χ1n) is 3.98. The first-order valence-corrected chi connectivity index (χ1v) is 3.98. The van der Waals surface area contributed by atoms with Crippen LogP contribution in [0.25, 0.3) is 0 Å². The molecule has 0 bridgehead atoms. The van der Waals surface area contributed by atoms with Crippen molar-refractivity contribution in [1.29, 1.82) is 0 Å². The molecule has 0 aliphatic heterocycles. The third kappa shape index (κ3) is 2.26. The quantitative estimate of drug-likeness (QED) is 0.719. The molecule has 0 aliphatic rings. The van der Waals surface area contributed by atoms with Gasteiger partial charge in [-0.3, -0.25) is 14.7 Å². The van der Waals surface area contributed by atoms with E-state index >= 15 is 0 Å². The van der Waals surface area contributed by atoms with E-state index < -0.39 is 0 Å². The topological polar surface area (TPSA) is 59.2 Å². The molecular weight excluding hydrogens is 166 g/mol. The van der Waals surface area contributed by atoms with Gasteiger partial charge in [-0.1, -0.05) is 0 Å². The maximum absolute atomic E-state index is 11.1. The fourth-order valence-electron chi connectivity index (χ4n) is 1.26. The van der Waals surface area contributed by atoms with Crippen LogP contribution in [0.3, 0.4) is 0 Å². The Labute approximate surface area is 77.4 Å². The van der Waals surface area contributed by atoms with Crippen LogP contribution in [-0.4, -0.2) is 29.9 Å². The van der Waals surface area contributed by atoms with E-state index in [0.717, 1.165) is 5.56 Å². The Morgan fingerprint density at radius 3 is 2.38 bits per heavy atom. The van der Waals surface area contributed by atoms with Gasteiger partial charge in [0, 0.05) is 12.4 Å². The van der Waals surface area contributed by atoms with Crippen LogP contribution in [0.5, 0.6) is 0 Å². The molecule has 4 nitrogen and oxygen atoms in total. The summed E-state index contributed by atoms with van der Waals surface area (Å²) < 4.78 is 0. The minimum Gasteiger partial charge on any atom is -0.368 e. The van der Waals surface area contributed by atoms with E-state index in [4.69, 9.17) is 5.73 Å². The molecule has 2 N–H and O–H groups in total. The van der Waals surface area contributed by atoms with Crippen LogP contribution >= 0.6 is 0 Å². The summed E-state index contributed by atoms with van der Waals surface area (Å²) in [6.45, 7) is 0. The Morgan fingerprint density at radius 2 is 2.00 bits per heavy atom. The number of rotatable bonds is 3. The van der Waals surface area contributed by atoms with Crippen molar-refractivity contribution in [1.82, 2.24) is 9.88 Å². The number of nitrogens with zero attached hydrogens (tertiary/aromatic N) is 2. The second-order valence-corrected chi connectivity index (χ2v) is 3.05. The number of pyridine rings is 1. The summed E-state index contributed by atoms with van der Waals surface area (Å²) in [7, 11) is 3.63. The molecule has 1 heterocycles. The van der Waals surface area contributed by atoms with Gasteiger partial charge in [0.15, 0.2) is 0 Å². The first kappa shape index (κ1) is 9.67. The lowest BCUT2D eigenvalue weighted by atomic mass is 10.1. The van der Waals surface area contributed by atoms with E-state index in [9.17, 15) is 4.79 Å². The standard InChI is InChI=1S/C9H13N3O/c1-12(2)8(9(10)13)7-3-5-11-6-4-7/h3-6,8H,1-2H3,(H2,10,13). The van der Waals surface area contributed by atoms with Crippen LogP contribution in [0, 0.1) is 0 Å². The van der Waals surface area contributed by atoms with Crippen molar-refractivity contribution in [2.24, 2.45) is 5.73 Å². The molecule has 1 aromatic rings. The van der Waals surface area contributed by atoms with Gasteiger partial charge in [-0.25, -0.2) is 0 Å². The van der Waals surface area contributed by atoms with Crippen LogP contribution in [0.2, 0.25) is 0 Å². The number of likely N-dealkylation sites (N-methyl/N-ethyl adjacent to an activating group) is 1. The number of amides is 1. The molecule has 1 unspecified atom stereocenters. The minimum atomic E-state index is -0.372. The zero-order valence-electron chi connectivity index (χ0n) is 7.77. The molecule has 1 rings (SSSR count). The molecule has 70 valence electrons. The van der Waals surface area contributed by atoms with Gasteiger partial charge in [0.05, 0.1) is 0 Å². The third-order valence-electron chi connectivity index (χ3n) is 1.81. The Bertz CT molecular complexity index is 284. The van der Waals surface area contributed by atoms with Crippen molar-refractivity contribution in [2.45, 2.75) is 6.04 Å². The molecule has 4 heteroatoms. The summed E-state index contributed by atoms with van der Waals surface area (Å²) in [5, 5.41) is 0. The van der Waals surface area contributed by atoms with Crippen LogP contribution < -0.4 is 5.73 Å². The lowest BCUT2D eigenvalue weighted by Crippen LogP contribution is -2.32. The maximum Gasteiger partial charge on any atom is 0.239 e. The van der Waals surface area contributed by atoms with Crippen LogP contribution in [0.4, 0.5) is 0 Å². The third-order valence-corrected chi connectivity index (χ3v) is 1.81. The molecule has 1 amide bonds. The number of aromatic nitrogens is 1. The SMILES string of the molecule is CN(C)C(C(N)=O)c1ccncc1. The zero-order chi connectivity index (χ0) is 9.84. The maximum atomic E-state index is 11.1. The molecule has 0 aliphatic carbocycles. The number of carbonyl (C=O) groups is 1. The van der Waals surface area contributed by atoms with Gasteiger partial charge >= 0.3 is 0 Å². The summed E-state index contributed by atoms with van der Waals surface area (Å²) >= 11 is 0. The Kier molecular flexibility index (Phi) is 2.97. The minimum absolute atomic E-state index is 0.351. The van der Waals surface area contributed by atoms with Gasteiger partial charge in [-0.05, 0) is 31.8 Å². The number of hydrogen-bond donors (Lipinski definition) is 1. The Hall–Kier alpha value is -1.42. The highest BCUT2D eigenvalue weighted by Gasteiger charge is 2.19. The summed E-state index contributed by atoms with van der Waals surface area (Å²) in [5.74, 6) is -0.351. The molecule has 0 aromatic carbocycles. The molecule has 1 atom stereocenters. The second kappa shape index (κ2) is 4.00. The van der Waals surface area contributed by atoms with Gasteiger partial charge < -0.3 is 5.73 Å². The average molecular weight is 179 g/mol. The number of primary amides is 1. The number of carbonyl (C=O) groups excluding carboxylic acids is 1. The van der Waals surface area contributed by atoms with E-state index in [1.807, 2.05) is 14.1 Å². The summed E-state index contributed by atoms with van der Waals surface area (Å²) in [6.07, 6.45) is 3.30. The van der Waals surface area contributed by atoms with Gasteiger partial charge in [0.25, 0.3) is 0 Å². The van der Waals surface area contributed by atoms with Crippen molar-refractivity contribution in [3.05, 3.63) is 30.1 Å². The van der Waals surface area contributed by atoms with E-state index in [0.29, 0.717) is 0 Å². The van der Waals surface area contributed by atoms with Crippen molar-refractivity contribution in [3.63, 3.8) is 0 Å². The van der Waals surface area contributed by atoms with E-state index in [1.54, 1.807) is 29.4 Å². The fraction of sp³-hybridized carbons (Fsp3) is 0.333. The first-order chi connectivity index (χ1) is 6.13. The van der Waals surface area contributed by atoms with Crippen LogP contribution in [0.1, 0.15) is 11.6 Å². The van der Waals surface area contributed by atoms with Crippen LogP contribution in [0.15, 0.2) is 24.5 Å². The predicted octanol–water partition coefficient (Wildman–Crippen LogP) is 0.170. The molecule has 0 spiro atoms. The van der Waals surface area contributed by atoms with Gasteiger partial charge in [-0.15, -0.1) is 0 Å². The molecule has 0 radical (unpaired) electrons. The van der Waals surface area contributed by atoms with Gasteiger partial charge in [0.2, 0.25) is 5.91 Å². The Morgan fingerprint density at radius 1 is 1.46 bits per heavy atom. The summed E-state index contributed by atoms with van der Waals surface area (Å²) in [5.41, 5.74) is 6.14. The van der Waals surface area contributed by atoms with E-state index in [1.165, 1.54) is 0 Å². The smallest absolute Gasteiger partial charge is 0.239 e. The fourth-order valence-corrected chi connectivity index (χ4v) is 1.26. The summed E-state index contributed by atoms with van der Waals surface area (Å²) in [4.78, 5) is 16.8. The molecule has 0 fully saturated rings. The highest BCUT2D eigenvalue weighted by molar-refractivity contribution is 5.81. The largest absolute Gasteiger partial charge is 0.368 e. The van der Waals surface area contributed by atoms with Crippen molar-refractivity contribution in [3.8, 4) is 0 Å². The van der Waals surface area contributed by atoms with Gasteiger partial charge in [0.1, 0.15) is 6.04 Å². The molecule has 0 saturated carbocycles. The van der Waals surface area contributed by atoms with Gasteiger partial charge in [-0.2, -0.15) is 0 Å². The number of hydrogen-bond acceptors (Lipinski definition) is 3. The molecule has 1 aromatic heterocycles. The highest BCUT2D eigenvalue weighted by atomic mass is 16.1. The lowest BCUT2D eigenvalue weighted by Gasteiger charge is -2.20. The number of nitrogens with two attached hydrogens (primary N) is 1. The van der Waals surface area contributed by atoms with Crippen molar-refractivity contribution < 1.29 is 4.79 Å². The van der Waals surface area contributed by atoms with E-state index in [2.05, 4.69) is 4.98 Å². The predicted molar refractivity (Wildman–Crippen MR) is 49.9 cm³/mol.